The highest BCUT2D eigenvalue weighted by molar-refractivity contribution is 7.92. The maximum absolute atomic E-state index is 12.2. The lowest BCUT2D eigenvalue weighted by Crippen LogP contribution is -2.24. The van der Waals surface area contributed by atoms with Crippen LogP contribution in [0.3, 0.4) is 0 Å². The van der Waals surface area contributed by atoms with Crippen molar-refractivity contribution in [2.24, 2.45) is 0 Å². The number of nitrogens with zero attached hydrogens (tertiary/aromatic N) is 3. The number of aryl methyl sites for hydroxylation is 2. The zero-order chi connectivity index (χ0) is 20.1. The highest BCUT2D eigenvalue weighted by Crippen LogP contribution is 2.17. The minimum atomic E-state index is -3.50. The minimum absolute atomic E-state index is 0.302. The van der Waals surface area contributed by atoms with Crippen molar-refractivity contribution in [1.29, 1.82) is 0 Å². The van der Waals surface area contributed by atoms with E-state index < -0.39 is 10.0 Å². The van der Waals surface area contributed by atoms with Gasteiger partial charge < -0.3 is 0 Å². The Balaban J connectivity index is 1.64. The Morgan fingerprint density at radius 2 is 1.82 bits per heavy atom. The summed E-state index contributed by atoms with van der Waals surface area (Å²) in [7, 11) is -3.50. The summed E-state index contributed by atoms with van der Waals surface area (Å²) >= 11 is 0. The van der Waals surface area contributed by atoms with Gasteiger partial charge in [0.1, 0.15) is 0 Å². The number of sulfonamides is 1. The molecule has 146 valence electrons. The first-order valence-corrected chi connectivity index (χ1v) is 10.6. The van der Waals surface area contributed by atoms with Crippen molar-refractivity contribution in [3.63, 3.8) is 0 Å². The van der Waals surface area contributed by atoms with Crippen molar-refractivity contribution in [2.75, 3.05) is 6.54 Å². The average Bonchev–Trinajstić information content (AvgIpc) is 2.96. The summed E-state index contributed by atoms with van der Waals surface area (Å²) in [6.45, 7) is 6.19. The minimum Gasteiger partial charge on any atom is -0.237 e. The van der Waals surface area contributed by atoms with Gasteiger partial charge in [-0.15, -0.1) is 0 Å². The molecule has 0 aliphatic rings. The predicted molar refractivity (Wildman–Crippen MR) is 112 cm³/mol. The second-order valence-electron chi connectivity index (χ2n) is 6.65. The molecule has 1 N–H and O–H groups in total. The topological polar surface area (TPSA) is 76.9 Å². The third-order valence-corrected chi connectivity index (χ3v) is 5.60. The summed E-state index contributed by atoms with van der Waals surface area (Å²) in [6.07, 6.45) is 3.87. The lowest BCUT2D eigenvalue weighted by molar-refractivity contribution is 0.591. The highest BCUT2D eigenvalue weighted by atomic mass is 32.2. The first-order valence-electron chi connectivity index (χ1n) is 9.06. The zero-order valence-corrected chi connectivity index (χ0v) is 17.1. The second-order valence-corrected chi connectivity index (χ2v) is 8.30. The molecule has 3 aromatic rings. The highest BCUT2D eigenvalue weighted by Gasteiger charge is 2.14. The second kappa shape index (κ2) is 8.50. The average molecular weight is 397 g/mol. The van der Waals surface area contributed by atoms with Crippen LogP contribution in [0.4, 0.5) is 0 Å². The van der Waals surface area contributed by atoms with E-state index in [0.29, 0.717) is 13.0 Å². The molecule has 2 heterocycles. The Bertz CT molecular complexity index is 1070. The van der Waals surface area contributed by atoms with Crippen LogP contribution in [0.5, 0.6) is 0 Å². The number of rotatable bonds is 7. The molecule has 0 saturated heterocycles. The molecule has 0 spiro atoms. The van der Waals surface area contributed by atoms with Crippen LogP contribution in [0, 0.1) is 20.8 Å². The van der Waals surface area contributed by atoms with Crippen LogP contribution in [0.1, 0.15) is 28.1 Å². The Morgan fingerprint density at radius 3 is 2.50 bits per heavy atom. The standard InChI is InChI=1S/C21H24N4O2S/c1-16-7-9-19(10-8-16)12-15-28(26,27)23-14-11-20-17(2)24-25(18(20)3)21-6-4-5-13-22-21/h4-10,12-13,15,23H,11,14H2,1-3H3. The van der Waals surface area contributed by atoms with Crippen molar-refractivity contribution >= 4 is 16.1 Å². The van der Waals surface area contributed by atoms with Gasteiger partial charge in [-0.25, -0.2) is 22.8 Å². The predicted octanol–water partition coefficient (Wildman–Crippen LogP) is 3.33. The fourth-order valence-corrected chi connectivity index (χ4v) is 3.77. The molecule has 0 fully saturated rings. The zero-order valence-electron chi connectivity index (χ0n) is 16.3. The van der Waals surface area contributed by atoms with Crippen LogP contribution in [-0.2, 0) is 16.4 Å². The van der Waals surface area contributed by atoms with E-state index in [2.05, 4.69) is 14.8 Å². The quantitative estimate of drug-likeness (QED) is 0.665. The molecule has 0 atom stereocenters. The Kier molecular flexibility index (Phi) is 6.06. The molecule has 28 heavy (non-hydrogen) atoms. The SMILES string of the molecule is Cc1ccc(C=CS(=O)(=O)NCCc2c(C)nn(-c3ccccn3)c2C)cc1. The number of pyridine rings is 1. The van der Waals surface area contributed by atoms with Crippen LogP contribution in [0.15, 0.2) is 54.1 Å². The molecule has 0 unspecified atom stereocenters. The van der Waals surface area contributed by atoms with Crippen molar-refractivity contribution in [2.45, 2.75) is 27.2 Å². The van der Waals surface area contributed by atoms with Crippen LogP contribution < -0.4 is 4.72 Å². The van der Waals surface area contributed by atoms with E-state index in [1.54, 1.807) is 17.0 Å². The lowest BCUT2D eigenvalue weighted by atomic mass is 10.1. The van der Waals surface area contributed by atoms with Gasteiger partial charge in [0.15, 0.2) is 5.82 Å². The fraction of sp³-hybridized carbons (Fsp3) is 0.238. The number of hydrogen-bond donors (Lipinski definition) is 1. The van der Waals surface area contributed by atoms with Gasteiger partial charge in [-0.1, -0.05) is 35.9 Å². The molecule has 0 radical (unpaired) electrons. The van der Waals surface area contributed by atoms with E-state index in [4.69, 9.17) is 0 Å². The largest absolute Gasteiger partial charge is 0.237 e. The first kappa shape index (κ1) is 20.0. The number of hydrogen-bond acceptors (Lipinski definition) is 4. The van der Waals surface area contributed by atoms with Crippen molar-refractivity contribution in [3.05, 3.63) is 82.1 Å². The van der Waals surface area contributed by atoms with E-state index in [0.717, 1.165) is 33.9 Å². The summed E-state index contributed by atoms with van der Waals surface area (Å²) < 4.78 is 28.9. The summed E-state index contributed by atoms with van der Waals surface area (Å²) in [4.78, 5) is 4.32. The van der Waals surface area contributed by atoms with E-state index in [9.17, 15) is 8.42 Å². The van der Waals surface area contributed by atoms with E-state index >= 15 is 0 Å². The van der Waals surface area contributed by atoms with Crippen molar-refractivity contribution in [3.8, 4) is 5.82 Å². The van der Waals surface area contributed by atoms with E-state index in [1.807, 2.05) is 63.2 Å². The van der Waals surface area contributed by atoms with Gasteiger partial charge in [0, 0.05) is 23.8 Å². The van der Waals surface area contributed by atoms with E-state index in [1.165, 1.54) is 5.41 Å². The fourth-order valence-electron chi connectivity index (χ4n) is 2.95. The molecule has 3 rings (SSSR count). The first-order chi connectivity index (χ1) is 13.4. The Morgan fingerprint density at radius 1 is 1.07 bits per heavy atom. The molecule has 2 aromatic heterocycles. The van der Waals surface area contributed by atoms with Gasteiger partial charge in [-0.2, -0.15) is 5.10 Å². The molecule has 0 bridgehead atoms. The van der Waals surface area contributed by atoms with Crippen LogP contribution in [0.25, 0.3) is 11.9 Å². The van der Waals surface area contributed by atoms with Crippen molar-refractivity contribution in [1.82, 2.24) is 19.5 Å². The summed E-state index contributed by atoms with van der Waals surface area (Å²) in [6, 6.07) is 13.3. The third-order valence-electron chi connectivity index (χ3n) is 4.50. The number of aromatic nitrogens is 3. The molecular weight excluding hydrogens is 372 g/mol. The van der Waals surface area contributed by atoms with Crippen LogP contribution >= 0.6 is 0 Å². The lowest BCUT2D eigenvalue weighted by Gasteiger charge is -2.05. The Labute approximate surface area is 166 Å². The van der Waals surface area contributed by atoms with Gasteiger partial charge in [0.2, 0.25) is 10.0 Å². The molecule has 1 aromatic carbocycles. The van der Waals surface area contributed by atoms with Gasteiger partial charge in [-0.05, 0) is 56.5 Å². The van der Waals surface area contributed by atoms with Gasteiger partial charge in [0.25, 0.3) is 0 Å². The molecule has 0 saturated carbocycles. The monoisotopic (exact) mass is 396 g/mol. The molecule has 6 nitrogen and oxygen atoms in total. The number of nitrogens with one attached hydrogen (secondary N) is 1. The van der Waals surface area contributed by atoms with Crippen LogP contribution in [0.2, 0.25) is 0 Å². The molecule has 7 heteroatoms. The van der Waals surface area contributed by atoms with Crippen molar-refractivity contribution < 1.29 is 8.42 Å². The van der Waals surface area contributed by atoms with Crippen LogP contribution in [-0.4, -0.2) is 29.7 Å². The number of benzene rings is 1. The smallest absolute Gasteiger partial charge is 0.233 e. The van der Waals surface area contributed by atoms with Gasteiger partial charge >= 0.3 is 0 Å². The van der Waals surface area contributed by atoms with Gasteiger partial charge in [-0.3, -0.25) is 0 Å². The Hall–Kier alpha value is -2.77. The maximum atomic E-state index is 12.2. The summed E-state index contributed by atoms with van der Waals surface area (Å²) in [5, 5.41) is 5.74. The summed E-state index contributed by atoms with van der Waals surface area (Å²) in [5.41, 5.74) is 4.84. The molecule has 0 aliphatic carbocycles. The maximum Gasteiger partial charge on any atom is 0.233 e. The van der Waals surface area contributed by atoms with E-state index in [-0.39, 0.29) is 0 Å². The summed E-state index contributed by atoms with van der Waals surface area (Å²) in [5.74, 6) is 0.746. The molecular formula is C21H24N4O2S. The third kappa shape index (κ3) is 4.94. The van der Waals surface area contributed by atoms with Gasteiger partial charge in [0.05, 0.1) is 5.69 Å². The molecule has 0 aliphatic heterocycles. The normalized spacial score (nSPS) is 12.0. The molecule has 0 amide bonds.